The lowest BCUT2D eigenvalue weighted by Crippen LogP contribution is -2.13. The molecule has 0 aliphatic rings. The molecule has 0 aromatic heterocycles. The molecule has 0 spiro atoms. The maximum absolute atomic E-state index is 4.67. The Morgan fingerprint density at radius 2 is 1.35 bits per heavy atom. The van der Waals surface area contributed by atoms with Gasteiger partial charge >= 0.3 is 0 Å². The number of nitrogens with zero attached hydrogens (tertiary/aromatic N) is 1. The van der Waals surface area contributed by atoms with Gasteiger partial charge < -0.3 is 0 Å². The van der Waals surface area contributed by atoms with Gasteiger partial charge in [0.2, 0.25) is 0 Å². The van der Waals surface area contributed by atoms with E-state index in [2.05, 4.69) is 55.2 Å². The highest BCUT2D eigenvalue weighted by Gasteiger charge is 2.17. The summed E-state index contributed by atoms with van der Waals surface area (Å²) in [6.07, 6.45) is 1.94. The summed E-state index contributed by atoms with van der Waals surface area (Å²) in [5.74, 6) is 0. The lowest BCUT2D eigenvalue weighted by Gasteiger charge is -2.19. The number of hydrogen-bond acceptors (Lipinski definition) is 1. The second kappa shape index (κ2) is 4.96. The van der Waals surface area contributed by atoms with Gasteiger partial charge in [0.1, 0.15) is 0 Å². The zero-order valence-electron chi connectivity index (χ0n) is 10.3. The lowest BCUT2D eigenvalue weighted by atomic mass is 9.95. The molecule has 0 atom stereocenters. The van der Waals surface area contributed by atoms with Crippen LogP contribution < -0.4 is 0 Å². The Bertz CT molecular complexity index is 483. The monoisotopic (exact) mass is 223 g/mol. The molecule has 17 heavy (non-hydrogen) atoms. The minimum absolute atomic E-state index is 0.183. The molecule has 0 saturated carbocycles. The fourth-order valence-corrected chi connectivity index (χ4v) is 1.70. The summed E-state index contributed by atoms with van der Waals surface area (Å²) in [7, 11) is 0. The van der Waals surface area contributed by atoms with Crippen LogP contribution in [0.15, 0.2) is 65.7 Å². The van der Waals surface area contributed by atoms with Crippen molar-refractivity contribution in [3.05, 3.63) is 71.8 Å². The first-order valence-corrected chi connectivity index (χ1v) is 5.84. The Morgan fingerprint density at radius 1 is 0.824 bits per heavy atom. The number of aliphatic imine (C=N–C) groups is 1. The van der Waals surface area contributed by atoms with Crippen molar-refractivity contribution in [2.75, 3.05) is 0 Å². The van der Waals surface area contributed by atoms with E-state index in [1.807, 2.05) is 30.5 Å². The molecule has 2 aromatic carbocycles. The Hall–Kier alpha value is -1.89. The van der Waals surface area contributed by atoms with E-state index in [4.69, 9.17) is 0 Å². The van der Waals surface area contributed by atoms with Crippen LogP contribution >= 0.6 is 0 Å². The Labute approximate surface area is 103 Å². The molecule has 2 aromatic rings. The van der Waals surface area contributed by atoms with Crippen molar-refractivity contribution in [1.29, 1.82) is 0 Å². The van der Waals surface area contributed by atoms with Crippen LogP contribution in [0, 0.1) is 0 Å². The minimum atomic E-state index is -0.183. The molecule has 0 N–H and O–H groups in total. The van der Waals surface area contributed by atoms with Crippen LogP contribution in [0.5, 0.6) is 0 Å². The van der Waals surface area contributed by atoms with Crippen LogP contribution in [0.3, 0.4) is 0 Å². The molecule has 86 valence electrons. The summed E-state index contributed by atoms with van der Waals surface area (Å²) in [5.41, 5.74) is 2.18. The van der Waals surface area contributed by atoms with Gasteiger partial charge in [0.25, 0.3) is 0 Å². The second-order valence-corrected chi connectivity index (χ2v) is 4.59. The summed E-state index contributed by atoms with van der Waals surface area (Å²) in [6.45, 7) is 4.25. The summed E-state index contributed by atoms with van der Waals surface area (Å²) < 4.78 is 0. The van der Waals surface area contributed by atoms with Crippen LogP contribution in [-0.4, -0.2) is 6.21 Å². The molecule has 0 aliphatic heterocycles. The predicted octanol–water partition coefficient (Wildman–Crippen LogP) is 4.04. The molecule has 1 nitrogen and oxygen atoms in total. The number of rotatable bonds is 3. The summed E-state index contributed by atoms with van der Waals surface area (Å²) in [5, 5.41) is 0. The van der Waals surface area contributed by atoms with Gasteiger partial charge in [0.05, 0.1) is 5.54 Å². The van der Waals surface area contributed by atoms with Crippen LogP contribution in [0.25, 0.3) is 0 Å². The predicted molar refractivity (Wildman–Crippen MR) is 73.5 cm³/mol. The molecule has 0 amide bonds. The van der Waals surface area contributed by atoms with Crippen molar-refractivity contribution in [2.24, 2.45) is 4.99 Å². The van der Waals surface area contributed by atoms with Gasteiger partial charge in [-0.25, -0.2) is 0 Å². The smallest absolute Gasteiger partial charge is 0.0800 e. The third-order valence-electron chi connectivity index (χ3n) is 2.82. The number of benzene rings is 2. The van der Waals surface area contributed by atoms with E-state index in [1.54, 1.807) is 0 Å². The van der Waals surface area contributed by atoms with E-state index in [9.17, 15) is 0 Å². The lowest BCUT2D eigenvalue weighted by molar-refractivity contribution is 0.561. The van der Waals surface area contributed by atoms with Crippen molar-refractivity contribution in [3.8, 4) is 0 Å². The molecule has 1 heteroatoms. The zero-order valence-corrected chi connectivity index (χ0v) is 10.3. The van der Waals surface area contributed by atoms with E-state index in [1.165, 1.54) is 5.56 Å². The van der Waals surface area contributed by atoms with Crippen molar-refractivity contribution < 1.29 is 0 Å². The van der Waals surface area contributed by atoms with E-state index in [0.717, 1.165) is 5.56 Å². The molecule has 0 heterocycles. The zero-order chi connectivity index (χ0) is 12.1. The summed E-state index contributed by atoms with van der Waals surface area (Å²) in [4.78, 5) is 4.67. The average Bonchev–Trinajstić information content (AvgIpc) is 2.39. The molecule has 0 unspecified atom stereocenters. The van der Waals surface area contributed by atoms with E-state index in [-0.39, 0.29) is 5.54 Å². The maximum Gasteiger partial charge on any atom is 0.0800 e. The van der Waals surface area contributed by atoms with Gasteiger partial charge in [0.15, 0.2) is 0 Å². The van der Waals surface area contributed by atoms with Crippen molar-refractivity contribution in [2.45, 2.75) is 19.4 Å². The maximum atomic E-state index is 4.67. The second-order valence-electron chi connectivity index (χ2n) is 4.59. The molecule has 0 saturated heterocycles. The molecule has 0 fully saturated rings. The highest BCUT2D eigenvalue weighted by atomic mass is 14.8. The van der Waals surface area contributed by atoms with Crippen molar-refractivity contribution in [3.63, 3.8) is 0 Å². The highest BCUT2D eigenvalue weighted by molar-refractivity contribution is 5.79. The molecule has 2 rings (SSSR count). The van der Waals surface area contributed by atoms with Crippen molar-refractivity contribution in [1.82, 2.24) is 0 Å². The van der Waals surface area contributed by atoms with Gasteiger partial charge in [-0.1, -0.05) is 60.7 Å². The normalized spacial score (nSPS) is 11.9. The first-order valence-electron chi connectivity index (χ1n) is 5.84. The van der Waals surface area contributed by atoms with Crippen LogP contribution in [0.1, 0.15) is 25.0 Å². The first-order chi connectivity index (χ1) is 8.18. The summed E-state index contributed by atoms with van der Waals surface area (Å²) in [6, 6.07) is 20.5. The average molecular weight is 223 g/mol. The van der Waals surface area contributed by atoms with Gasteiger partial charge in [-0.15, -0.1) is 0 Å². The Kier molecular flexibility index (Phi) is 3.38. The fraction of sp³-hybridized carbons (Fsp3) is 0.188. The quantitative estimate of drug-likeness (QED) is 0.696. The molecular weight excluding hydrogens is 206 g/mol. The topological polar surface area (TPSA) is 12.4 Å². The highest BCUT2D eigenvalue weighted by Crippen LogP contribution is 2.23. The van der Waals surface area contributed by atoms with Crippen LogP contribution in [0.2, 0.25) is 0 Å². The standard InChI is InChI=1S/C16H17N/c1-16(2,15-11-7-4-8-12-15)17-13-14-9-5-3-6-10-14/h3-13H,1-2H3. The van der Waals surface area contributed by atoms with Crippen molar-refractivity contribution >= 4 is 6.21 Å². The Morgan fingerprint density at radius 3 is 1.94 bits per heavy atom. The first kappa shape index (κ1) is 11.6. The van der Waals surface area contributed by atoms with E-state index in [0.29, 0.717) is 0 Å². The third-order valence-corrected chi connectivity index (χ3v) is 2.82. The summed E-state index contributed by atoms with van der Waals surface area (Å²) >= 11 is 0. The number of hydrogen-bond donors (Lipinski definition) is 0. The molecular formula is C16H17N. The SMILES string of the molecule is CC(C)(N=Cc1ccccc1)c1ccccc1. The van der Waals surface area contributed by atoms with Gasteiger partial charge in [-0.2, -0.15) is 0 Å². The van der Waals surface area contributed by atoms with Gasteiger partial charge in [-0.05, 0) is 25.0 Å². The molecule has 0 bridgehead atoms. The largest absolute Gasteiger partial charge is 0.282 e. The van der Waals surface area contributed by atoms with E-state index < -0.39 is 0 Å². The Balaban J connectivity index is 2.21. The van der Waals surface area contributed by atoms with Gasteiger partial charge in [0, 0.05) is 6.21 Å². The third kappa shape index (κ3) is 3.04. The van der Waals surface area contributed by atoms with Crippen LogP contribution in [0.4, 0.5) is 0 Å². The minimum Gasteiger partial charge on any atom is -0.282 e. The molecule has 0 aliphatic carbocycles. The molecule has 0 radical (unpaired) electrons. The van der Waals surface area contributed by atoms with E-state index >= 15 is 0 Å². The van der Waals surface area contributed by atoms with Gasteiger partial charge in [-0.3, -0.25) is 4.99 Å². The van der Waals surface area contributed by atoms with Crippen LogP contribution in [-0.2, 0) is 5.54 Å². The fourth-order valence-electron chi connectivity index (χ4n) is 1.70.